The average Bonchev–Trinajstić information content (AvgIpc) is 2.75. The molecule has 96 valence electrons. The van der Waals surface area contributed by atoms with Crippen LogP contribution in [0.15, 0.2) is 23.7 Å². The summed E-state index contributed by atoms with van der Waals surface area (Å²) in [6.07, 6.45) is 0.868. The van der Waals surface area contributed by atoms with E-state index in [1.54, 1.807) is 11.3 Å². The highest BCUT2D eigenvalue weighted by atomic mass is 35.5. The second kappa shape index (κ2) is 6.18. The third kappa shape index (κ3) is 3.22. The molecule has 0 bridgehead atoms. The predicted molar refractivity (Wildman–Crippen MR) is 75.4 cm³/mol. The van der Waals surface area contributed by atoms with Gasteiger partial charge in [-0.05, 0) is 24.6 Å². The number of aromatic nitrogens is 1. The van der Waals surface area contributed by atoms with Crippen LogP contribution in [0.1, 0.15) is 16.1 Å². The molecule has 2 N–H and O–H groups in total. The Morgan fingerprint density at radius 3 is 2.89 bits per heavy atom. The summed E-state index contributed by atoms with van der Waals surface area (Å²) < 4.78 is 5.67. The molecule has 0 radical (unpaired) electrons. The number of rotatable bonds is 5. The highest BCUT2D eigenvalue weighted by molar-refractivity contribution is 7.09. The zero-order valence-corrected chi connectivity index (χ0v) is 11.7. The van der Waals surface area contributed by atoms with E-state index < -0.39 is 0 Å². The molecule has 0 unspecified atom stereocenters. The number of thiazole rings is 1. The number of ether oxygens (including phenoxy) is 1. The van der Waals surface area contributed by atoms with Gasteiger partial charge in [0.1, 0.15) is 5.75 Å². The third-order valence-corrected chi connectivity index (χ3v) is 4.03. The van der Waals surface area contributed by atoms with Crippen molar-refractivity contribution in [3.05, 3.63) is 44.9 Å². The molecule has 2 aromatic rings. The Morgan fingerprint density at radius 2 is 2.28 bits per heavy atom. The van der Waals surface area contributed by atoms with E-state index in [1.165, 1.54) is 4.88 Å². The maximum atomic E-state index is 6.07. The summed E-state index contributed by atoms with van der Waals surface area (Å²) in [6.45, 7) is 3.08. The second-order valence-electron chi connectivity index (χ2n) is 3.92. The molecule has 1 heterocycles. The zero-order chi connectivity index (χ0) is 13.0. The van der Waals surface area contributed by atoms with Gasteiger partial charge in [0.15, 0.2) is 0 Å². The van der Waals surface area contributed by atoms with Crippen molar-refractivity contribution in [2.24, 2.45) is 5.73 Å². The van der Waals surface area contributed by atoms with Gasteiger partial charge in [-0.25, -0.2) is 4.98 Å². The van der Waals surface area contributed by atoms with Crippen molar-refractivity contribution in [2.75, 3.05) is 6.61 Å². The second-order valence-corrected chi connectivity index (χ2v) is 5.26. The van der Waals surface area contributed by atoms with E-state index in [2.05, 4.69) is 4.98 Å². The Morgan fingerprint density at radius 1 is 1.44 bits per heavy atom. The molecular weight excluding hydrogens is 268 g/mol. The van der Waals surface area contributed by atoms with Gasteiger partial charge in [-0.1, -0.05) is 17.7 Å². The molecule has 18 heavy (non-hydrogen) atoms. The molecule has 0 aliphatic rings. The van der Waals surface area contributed by atoms with E-state index in [4.69, 9.17) is 22.1 Å². The minimum absolute atomic E-state index is 0.444. The van der Waals surface area contributed by atoms with E-state index in [0.29, 0.717) is 18.2 Å². The smallest absolute Gasteiger partial charge is 0.120 e. The van der Waals surface area contributed by atoms with Crippen LogP contribution >= 0.6 is 22.9 Å². The van der Waals surface area contributed by atoms with Gasteiger partial charge >= 0.3 is 0 Å². The predicted octanol–water partition coefficient (Wildman–Crippen LogP) is 3.19. The quantitative estimate of drug-likeness (QED) is 0.916. The van der Waals surface area contributed by atoms with E-state index >= 15 is 0 Å². The highest BCUT2D eigenvalue weighted by Gasteiger charge is 2.03. The summed E-state index contributed by atoms with van der Waals surface area (Å²) >= 11 is 7.73. The first-order valence-electron chi connectivity index (χ1n) is 5.71. The van der Waals surface area contributed by atoms with Crippen LogP contribution < -0.4 is 10.5 Å². The highest BCUT2D eigenvalue weighted by Crippen LogP contribution is 2.22. The first-order chi connectivity index (χ1) is 8.70. The van der Waals surface area contributed by atoms with Gasteiger partial charge in [0, 0.05) is 22.9 Å². The molecule has 1 aromatic carbocycles. The lowest BCUT2D eigenvalue weighted by Gasteiger charge is -2.08. The van der Waals surface area contributed by atoms with Gasteiger partial charge < -0.3 is 10.5 Å². The molecule has 0 amide bonds. The maximum Gasteiger partial charge on any atom is 0.120 e. The fraction of sp³-hybridized carbons (Fsp3) is 0.308. The zero-order valence-electron chi connectivity index (χ0n) is 10.1. The summed E-state index contributed by atoms with van der Waals surface area (Å²) in [6, 6.07) is 5.60. The van der Waals surface area contributed by atoms with E-state index in [-0.39, 0.29) is 0 Å². The van der Waals surface area contributed by atoms with Crippen LogP contribution in [0.3, 0.4) is 0 Å². The largest absolute Gasteiger partial charge is 0.493 e. The van der Waals surface area contributed by atoms with Crippen LogP contribution in [-0.2, 0) is 13.0 Å². The molecule has 0 saturated heterocycles. The molecule has 0 aliphatic carbocycles. The molecule has 0 spiro atoms. The lowest BCUT2D eigenvalue weighted by atomic mass is 10.2. The Balaban J connectivity index is 1.91. The first kappa shape index (κ1) is 13.3. The molecule has 1 aromatic heterocycles. The minimum atomic E-state index is 0.444. The molecule has 0 aliphatic heterocycles. The monoisotopic (exact) mass is 282 g/mol. The van der Waals surface area contributed by atoms with Crippen molar-refractivity contribution in [1.29, 1.82) is 0 Å². The van der Waals surface area contributed by atoms with Gasteiger partial charge in [-0.3, -0.25) is 0 Å². The maximum absolute atomic E-state index is 6.07. The van der Waals surface area contributed by atoms with Crippen LogP contribution in [0.4, 0.5) is 0 Å². The number of hydrogen-bond acceptors (Lipinski definition) is 4. The van der Waals surface area contributed by atoms with Gasteiger partial charge in [-0.2, -0.15) is 0 Å². The van der Waals surface area contributed by atoms with E-state index in [0.717, 1.165) is 23.4 Å². The lowest BCUT2D eigenvalue weighted by Crippen LogP contribution is -2.02. The van der Waals surface area contributed by atoms with Crippen molar-refractivity contribution < 1.29 is 4.74 Å². The van der Waals surface area contributed by atoms with Crippen LogP contribution in [0.25, 0.3) is 0 Å². The summed E-state index contributed by atoms with van der Waals surface area (Å²) in [5, 5.41) is 0.656. The topological polar surface area (TPSA) is 48.1 Å². The van der Waals surface area contributed by atoms with Crippen molar-refractivity contribution in [2.45, 2.75) is 19.9 Å². The number of halogens is 1. The van der Waals surface area contributed by atoms with Gasteiger partial charge in [-0.15, -0.1) is 11.3 Å². The SMILES string of the molecule is Cc1ncsc1CCOc1ccc(CN)c(Cl)c1. The summed E-state index contributed by atoms with van der Waals surface area (Å²) in [4.78, 5) is 5.47. The number of nitrogens with zero attached hydrogens (tertiary/aromatic N) is 1. The van der Waals surface area contributed by atoms with E-state index in [9.17, 15) is 0 Å². The fourth-order valence-corrected chi connectivity index (χ4v) is 2.62. The molecule has 5 heteroatoms. The van der Waals surface area contributed by atoms with Gasteiger partial charge in [0.2, 0.25) is 0 Å². The minimum Gasteiger partial charge on any atom is -0.493 e. The molecule has 2 rings (SSSR count). The fourth-order valence-electron chi connectivity index (χ4n) is 1.61. The van der Waals surface area contributed by atoms with Gasteiger partial charge in [0.25, 0.3) is 0 Å². The summed E-state index contributed by atoms with van der Waals surface area (Å²) in [7, 11) is 0. The molecule has 3 nitrogen and oxygen atoms in total. The Labute approximate surface area is 116 Å². The number of benzene rings is 1. The van der Waals surface area contributed by atoms with Crippen molar-refractivity contribution in [1.82, 2.24) is 4.98 Å². The third-order valence-electron chi connectivity index (χ3n) is 2.69. The number of hydrogen-bond donors (Lipinski definition) is 1. The number of nitrogens with two attached hydrogens (primary N) is 1. The van der Waals surface area contributed by atoms with Crippen molar-refractivity contribution >= 4 is 22.9 Å². The van der Waals surface area contributed by atoms with Crippen LogP contribution in [-0.4, -0.2) is 11.6 Å². The molecular formula is C13H15ClN2OS. The molecule has 0 atom stereocenters. The van der Waals surface area contributed by atoms with Gasteiger partial charge in [0.05, 0.1) is 17.8 Å². The Bertz CT molecular complexity index is 527. The summed E-state index contributed by atoms with van der Waals surface area (Å²) in [5.74, 6) is 0.777. The molecule has 0 saturated carbocycles. The van der Waals surface area contributed by atoms with E-state index in [1.807, 2.05) is 30.6 Å². The Hall–Kier alpha value is -1.10. The molecule has 0 fully saturated rings. The normalized spacial score (nSPS) is 10.6. The first-order valence-corrected chi connectivity index (χ1v) is 6.96. The van der Waals surface area contributed by atoms with Crippen molar-refractivity contribution in [3.63, 3.8) is 0 Å². The number of aryl methyl sites for hydroxylation is 1. The van der Waals surface area contributed by atoms with Crippen LogP contribution in [0.5, 0.6) is 5.75 Å². The summed E-state index contributed by atoms with van der Waals surface area (Å²) in [5.41, 5.74) is 9.43. The van der Waals surface area contributed by atoms with Crippen molar-refractivity contribution in [3.8, 4) is 5.75 Å². The lowest BCUT2D eigenvalue weighted by molar-refractivity contribution is 0.322. The average molecular weight is 283 g/mol. The van der Waals surface area contributed by atoms with Crippen LogP contribution in [0, 0.1) is 6.92 Å². The Kier molecular flexibility index (Phi) is 4.58. The standard InChI is InChI=1S/C13H15ClN2OS/c1-9-13(18-8-16-9)4-5-17-11-3-2-10(7-15)12(14)6-11/h2-3,6,8H,4-5,7,15H2,1H3. The van der Waals surface area contributed by atoms with Crippen LogP contribution in [0.2, 0.25) is 5.02 Å².